The normalized spacial score (nSPS) is 27.2. The molecule has 0 aliphatic heterocycles. The summed E-state index contributed by atoms with van der Waals surface area (Å²) in [5, 5.41) is 10.8. The number of fused-ring (bicyclic) bond motifs is 1. The van der Waals surface area contributed by atoms with Crippen LogP contribution >= 0.6 is 0 Å². The number of aliphatic hydroxyl groups excluding tert-OH is 1. The van der Waals surface area contributed by atoms with E-state index in [-0.39, 0.29) is 6.04 Å². The highest BCUT2D eigenvalue weighted by Gasteiger charge is 2.37. The highest BCUT2D eigenvalue weighted by molar-refractivity contribution is 5.39. The van der Waals surface area contributed by atoms with Gasteiger partial charge in [-0.2, -0.15) is 0 Å². The number of benzene rings is 1. The number of hydrogen-bond donors (Lipinski definition) is 1. The quantitative estimate of drug-likeness (QED) is 0.917. The predicted molar refractivity (Wildman–Crippen MR) is 80.0 cm³/mol. The van der Waals surface area contributed by atoms with Crippen LogP contribution in [0, 0.1) is 5.92 Å². The van der Waals surface area contributed by atoms with Crippen LogP contribution in [0.4, 0.5) is 0 Å². The Labute approximate surface area is 121 Å². The van der Waals surface area contributed by atoms with E-state index < -0.39 is 6.10 Å². The maximum atomic E-state index is 10.8. The van der Waals surface area contributed by atoms with Crippen molar-refractivity contribution >= 4 is 0 Å². The minimum atomic E-state index is -0.403. The van der Waals surface area contributed by atoms with Gasteiger partial charge in [0.05, 0.1) is 13.2 Å². The largest absolute Gasteiger partial charge is 0.497 e. The van der Waals surface area contributed by atoms with Crippen LogP contribution in [0.15, 0.2) is 18.2 Å². The molecule has 3 atom stereocenters. The van der Waals surface area contributed by atoms with Crippen molar-refractivity contribution in [1.29, 1.82) is 0 Å². The van der Waals surface area contributed by atoms with Gasteiger partial charge >= 0.3 is 0 Å². The molecule has 1 aromatic rings. The molecule has 1 fully saturated rings. The number of methoxy groups -OCH3 is 1. The summed E-state index contributed by atoms with van der Waals surface area (Å²) >= 11 is 0. The van der Waals surface area contributed by atoms with Gasteiger partial charge in [0.1, 0.15) is 5.75 Å². The van der Waals surface area contributed by atoms with E-state index in [0.717, 1.165) is 30.1 Å². The first-order valence-corrected chi connectivity index (χ1v) is 7.68. The monoisotopic (exact) mass is 275 g/mol. The Hall–Kier alpha value is -1.06. The number of likely N-dealkylation sites (N-methyl/N-ethyl adjacent to an activating group) is 1. The molecule has 0 radical (unpaired) electrons. The third kappa shape index (κ3) is 2.45. The first-order valence-electron chi connectivity index (χ1n) is 7.68. The third-order valence-corrected chi connectivity index (χ3v) is 5.22. The number of aryl methyl sites for hydroxylation is 1. The lowest BCUT2D eigenvalue weighted by atomic mass is 9.84. The zero-order chi connectivity index (χ0) is 14.3. The highest BCUT2D eigenvalue weighted by Crippen LogP contribution is 2.40. The molecule has 20 heavy (non-hydrogen) atoms. The molecule has 3 heteroatoms. The fourth-order valence-corrected chi connectivity index (χ4v) is 3.51. The van der Waals surface area contributed by atoms with Crippen LogP contribution in [0.25, 0.3) is 0 Å². The van der Waals surface area contributed by atoms with Gasteiger partial charge in [-0.25, -0.2) is 0 Å². The Kier molecular flexibility index (Phi) is 3.74. The maximum Gasteiger partial charge on any atom is 0.119 e. The van der Waals surface area contributed by atoms with E-state index in [2.05, 4.69) is 24.9 Å². The van der Waals surface area contributed by atoms with Gasteiger partial charge in [0.2, 0.25) is 0 Å². The molecule has 1 saturated carbocycles. The lowest BCUT2D eigenvalue weighted by molar-refractivity contribution is 0.0267. The van der Waals surface area contributed by atoms with Crippen molar-refractivity contribution in [3.63, 3.8) is 0 Å². The van der Waals surface area contributed by atoms with Gasteiger partial charge in [-0.1, -0.05) is 6.07 Å². The van der Waals surface area contributed by atoms with Crippen LogP contribution < -0.4 is 4.74 Å². The highest BCUT2D eigenvalue weighted by atomic mass is 16.5. The van der Waals surface area contributed by atoms with Gasteiger partial charge in [0.25, 0.3) is 0 Å². The number of hydrogen-bond acceptors (Lipinski definition) is 3. The summed E-state index contributed by atoms with van der Waals surface area (Å²) in [4.78, 5) is 2.39. The first kappa shape index (κ1) is 13.9. The van der Waals surface area contributed by atoms with Crippen molar-refractivity contribution in [2.75, 3.05) is 14.2 Å². The van der Waals surface area contributed by atoms with E-state index in [1.165, 1.54) is 18.4 Å². The van der Waals surface area contributed by atoms with Gasteiger partial charge in [0.15, 0.2) is 0 Å². The molecule has 0 amide bonds. The second kappa shape index (κ2) is 5.38. The number of rotatable bonds is 4. The minimum absolute atomic E-state index is 0.227. The molecule has 1 aromatic carbocycles. The molecular weight excluding hydrogens is 250 g/mol. The van der Waals surface area contributed by atoms with E-state index >= 15 is 0 Å². The molecule has 0 bridgehead atoms. The van der Waals surface area contributed by atoms with E-state index in [1.807, 2.05) is 12.1 Å². The Balaban J connectivity index is 1.81. The lowest BCUT2D eigenvalue weighted by Crippen LogP contribution is -2.45. The standard InChI is InChI=1S/C17H25NO2/c1-11(12-4-5-12)18(2)16-9-7-13-6-8-14(20-3)10-15(13)17(16)19/h6,8,10-12,16-17,19H,4-5,7,9H2,1-3H3. The summed E-state index contributed by atoms with van der Waals surface area (Å²) in [6.45, 7) is 2.30. The average molecular weight is 275 g/mol. The molecule has 2 aliphatic carbocycles. The Morgan fingerprint density at radius 2 is 2.05 bits per heavy atom. The third-order valence-electron chi connectivity index (χ3n) is 5.22. The smallest absolute Gasteiger partial charge is 0.119 e. The van der Waals surface area contributed by atoms with Crippen LogP contribution in [0.5, 0.6) is 5.75 Å². The average Bonchev–Trinajstić information content (AvgIpc) is 3.30. The summed E-state index contributed by atoms with van der Waals surface area (Å²) in [7, 11) is 3.84. The molecule has 0 heterocycles. The van der Waals surface area contributed by atoms with Crippen molar-refractivity contribution in [3.05, 3.63) is 29.3 Å². The van der Waals surface area contributed by atoms with Crippen molar-refractivity contribution < 1.29 is 9.84 Å². The van der Waals surface area contributed by atoms with Crippen LogP contribution in [0.1, 0.15) is 43.4 Å². The molecule has 1 N–H and O–H groups in total. The topological polar surface area (TPSA) is 32.7 Å². The summed E-state index contributed by atoms with van der Waals surface area (Å²) in [5.41, 5.74) is 2.32. The van der Waals surface area contributed by atoms with Crippen molar-refractivity contribution in [1.82, 2.24) is 4.90 Å². The fraction of sp³-hybridized carbons (Fsp3) is 0.647. The molecule has 3 nitrogen and oxygen atoms in total. The van der Waals surface area contributed by atoms with Crippen molar-refractivity contribution in [3.8, 4) is 5.75 Å². The fourth-order valence-electron chi connectivity index (χ4n) is 3.51. The van der Waals surface area contributed by atoms with Gasteiger partial charge in [-0.3, -0.25) is 4.90 Å². The molecule has 0 aromatic heterocycles. The molecule has 2 aliphatic rings. The predicted octanol–water partition coefficient (Wildman–Crippen LogP) is 2.77. The second-order valence-electron chi connectivity index (χ2n) is 6.36. The van der Waals surface area contributed by atoms with E-state index in [1.54, 1.807) is 7.11 Å². The molecule has 0 spiro atoms. The van der Waals surface area contributed by atoms with Crippen LogP contribution in [-0.4, -0.2) is 36.2 Å². The second-order valence-corrected chi connectivity index (χ2v) is 6.36. The Morgan fingerprint density at radius 1 is 1.30 bits per heavy atom. The van der Waals surface area contributed by atoms with Crippen molar-refractivity contribution in [2.45, 2.75) is 50.8 Å². The summed E-state index contributed by atoms with van der Waals surface area (Å²) in [6, 6.07) is 6.88. The van der Waals surface area contributed by atoms with Gasteiger partial charge < -0.3 is 9.84 Å². The van der Waals surface area contributed by atoms with E-state index in [0.29, 0.717) is 6.04 Å². The zero-order valence-electron chi connectivity index (χ0n) is 12.7. The molecule has 110 valence electrons. The maximum absolute atomic E-state index is 10.8. The molecular formula is C17H25NO2. The van der Waals surface area contributed by atoms with Crippen molar-refractivity contribution in [2.24, 2.45) is 5.92 Å². The number of aliphatic hydroxyl groups is 1. The van der Waals surface area contributed by atoms with Gasteiger partial charge in [-0.15, -0.1) is 0 Å². The molecule has 0 saturated heterocycles. The van der Waals surface area contributed by atoms with Crippen LogP contribution in [-0.2, 0) is 6.42 Å². The Morgan fingerprint density at radius 3 is 2.70 bits per heavy atom. The first-order chi connectivity index (χ1) is 9.61. The number of ether oxygens (including phenoxy) is 1. The zero-order valence-corrected chi connectivity index (χ0v) is 12.7. The molecule has 3 unspecified atom stereocenters. The Bertz CT molecular complexity index is 484. The van der Waals surface area contributed by atoms with E-state index in [4.69, 9.17) is 4.74 Å². The summed E-state index contributed by atoms with van der Waals surface area (Å²) in [6.07, 6.45) is 4.37. The SMILES string of the molecule is COc1ccc2c(c1)C(O)C(N(C)C(C)C1CC1)CC2. The van der Waals surface area contributed by atoms with Crippen LogP contribution in [0.3, 0.4) is 0 Å². The molecule has 3 rings (SSSR count). The van der Waals surface area contributed by atoms with E-state index in [9.17, 15) is 5.11 Å². The minimum Gasteiger partial charge on any atom is -0.497 e. The number of nitrogens with zero attached hydrogens (tertiary/aromatic N) is 1. The van der Waals surface area contributed by atoms with Crippen LogP contribution in [0.2, 0.25) is 0 Å². The van der Waals surface area contributed by atoms with Gasteiger partial charge in [0, 0.05) is 12.1 Å². The lowest BCUT2D eigenvalue weighted by Gasteiger charge is -2.40. The summed E-state index contributed by atoms with van der Waals surface area (Å²) in [5.74, 6) is 1.67. The van der Waals surface area contributed by atoms with Gasteiger partial charge in [-0.05, 0) is 68.8 Å². The summed E-state index contributed by atoms with van der Waals surface area (Å²) < 4.78 is 5.30.